The lowest BCUT2D eigenvalue weighted by atomic mass is 9.77. The van der Waals surface area contributed by atoms with Crippen LogP contribution in [0.25, 0.3) is 0 Å². The summed E-state index contributed by atoms with van der Waals surface area (Å²) in [5, 5.41) is 2.82. The molecule has 2 aromatic carbocycles. The molecule has 0 bridgehead atoms. The first-order chi connectivity index (χ1) is 9.66. The van der Waals surface area contributed by atoms with Crippen molar-refractivity contribution < 1.29 is 9.18 Å². The average Bonchev–Trinajstić information content (AvgIpc) is 2.42. The Morgan fingerprint density at radius 3 is 2.85 bits per heavy atom. The second-order valence-electron chi connectivity index (χ2n) is 5.01. The van der Waals surface area contributed by atoms with Gasteiger partial charge in [-0.05, 0) is 29.7 Å². The molecule has 1 atom stereocenters. The summed E-state index contributed by atoms with van der Waals surface area (Å²) >= 11 is 0. The summed E-state index contributed by atoms with van der Waals surface area (Å²) in [7, 11) is 0. The van der Waals surface area contributed by atoms with Gasteiger partial charge in [-0.1, -0.05) is 30.3 Å². The molecule has 3 N–H and O–H groups in total. The van der Waals surface area contributed by atoms with Crippen LogP contribution in [-0.2, 0) is 6.42 Å². The lowest BCUT2D eigenvalue weighted by Crippen LogP contribution is -2.33. The molecule has 102 valence electrons. The number of nitrogen functional groups attached to an aromatic ring is 1. The highest BCUT2D eigenvalue weighted by atomic mass is 19.1. The van der Waals surface area contributed by atoms with Crippen LogP contribution in [0.15, 0.2) is 42.5 Å². The van der Waals surface area contributed by atoms with Gasteiger partial charge in [0.25, 0.3) is 5.91 Å². The Morgan fingerprint density at radius 1 is 1.25 bits per heavy atom. The molecule has 0 saturated heterocycles. The molecule has 4 heteroatoms. The number of para-hydroxylation sites is 1. The topological polar surface area (TPSA) is 55.1 Å². The zero-order chi connectivity index (χ0) is 14.1. The first kappa shape index (κ1) is 12.7. The van der Waals surface area contributed by atoms with E-state index in [1.807, 2.05) is 12.1 Å². The van der Waals surface area contributed by atoms with Crippen LogP contribution in [-0.4, -0.2) is 12.5 Å². The van der Waals surface area contributed by atoms with E-state index in [9.17, 15) is 9.18 Å². The van der Waals surface area contributed by atoms with Gasteiger partial charge in [-0.15, -0.1) is 0 Å². The van der Waals surface area contributed by atoms with Gasteiger partial charge >= 0.3 is 0 Å². The normalized spacial score (nSPS) is 16.1. The monoisotopic (exact) mass is 270 g/mol. The predicted molar refractivity (Wildman–Crippen MR) is 76.0 cm³/mol. The minimum atomic E-state index is -0.563. The zero-order valence-electron chi connectivity index (χ0n) is 10.9. The number of nitrogens with one attached hydrogen (secondary N) is 1. The second kappa shape index (κ2) is 4.96. The number of nitrogens with two attached hydrogens (primary N) is 1. The molecule has 1 unspecified atom stereocenters. The maximum atomic E-state index is 13.3. The van der Waals surface area contributed by atoms with E-state index in [-0.39, 0.29) is 17.2 Å². The van der Waals surface area contributed by atoms with Crippen molar-refractivity contribution >= 4 is 11.6 Å². The third-order valence-corrected chi connectivity index (χ3v) is 3.77. The van der Waals surface area contributed by atoms with Crippen LogP contribution < -0.4 is 11.1 Å². The van der Waals surface area contributed by atoms with E-state index in [0.717, 1.165) is 6.42 Å². The third-order valence-electron chi connectivity index (χ3n) is 3.77. The molecule has 0 heterocycles. The SMILES string of the molecule is Nc1c(F)cccc1C(=O)NCC1Cc2ccccc21. The molecular weight excluding hydrogens is 255 g/mol. The Kier molecular flexibility index (Phi) is 3.14. The number of hydrogen-bond donors (Lipinski definition) is 2. The lowest BCUT2D eigenvalue weighted by Gasteiger charge is -2.30. The summed E-state index contributed by atoms with van der Waals surface area (Å²) in [5.74, 6) is -0.553. The maximum Gasteiger partial charge on any atom is 0.253 e. The molecule has 3 rings (SSSR count). The van der Waals surface area contributed by atoms with Gasteiger partial charge in [-0.2, -0.15) is 0 Å². The van der Waals surface area contributed by atoms with Gasteiger partial charge in [0.05, 0.1) is 11.3 Å². The number of carbonyl (C=O) groups excluding carboxylic acids is 1. The summed E-state index contributed by atoms with van der Waals surface area (Å²) in [4.78, 5) is 12.0. The van der Waals surface area contributed by atoms with Crippen molar-refractivity contribution in [3.05, 3.63) is 65.0 Å². The van der Waals surface area contributed by atoms with Gasteiger partial charge in [0.15, 0.2) is 0 Å². The fraction of sp³-hybridized carbons (Fsp3) is 0.188. The number of carbonyl (C=O) groups is 1. The van der Waals surface area contributed by atoms with Crippen LogP contribution in [0.1, 0.15) is 27.4 Å². The first-order valence-corrected chi connectivity index (χ1v) is 6.57. The Hall–Kier alpha value is -2.36. The molecule has 0 radical (unpaired) electrons. The van der Waals surface area contributed by atoms with Gasteiger partial charge in [-0.25, -0.2) is 4.39 Å². The smallest absolute Gasteiger partial charge is 0.253 e. The highest BCUT2D eigenvalue weighted by Crippen LogP contribution is 2.34. The number of anilines is 1. The number of rotatable bonds is 3. The van der Waals surface area contributed by atoms with Crippen molar-refractivity contribution in [2.24, 2.45) is 0 Å². The van der Waals surface area contributed by atoms with Gasteiger partial charge in [0.2, 0.25) is 0 Å². The first-order valence-electron chi connectivity index (χ1n) is 6.57. The molecule has 1 aliphatic carbocycles. The van der Waals surface area contributed by atoms with Gasteiger partial charge < -0.3 is 11.1 Å². The Balaban J connectivity index is 1.65. The molecule has 1 aliphatic rings. The zero-order valence-corrected chi connectivity index (χ0v) is 10.9. The minimum absolute atomic E-state index is 0.0981. The molecule has 20 heavy (non-hydrogen) atoms. The fourth-order valence-corrected chi connectivity index (χ4v) is 2.59. The largest absolute Gasteiger partial charge is 0.396 e. The summed E-state index contributed by atoms with van der Waals surface area (Å²) in [6.07, 6.45) is 0.967. The second-order valence-corrected chi connectivity index (χ2v) is 5.01. The van der Waals surface area contributed by atoms with E-state index in [1.54, 1.807) is 0 Å². The molecule has 0 aromatic heterocycles. The maximum absolute atomic E-state index is 13.3. The molecule has 0 spiro atoms. The third kappa shape index (κ3) is 2.13. The van der Waals surface area contributed by atoms with E-state index < -0.39 is 5.82 Å². The molecule has 3 nitrogen and oxygen atoms in total. The van der Waals surface area contributed by atoms with Crippen molar-refractivity contribution in [1.82, 2.24) is 5.32 Å². The molecule has 2 aromatic rings. The highest BCUT2D eigenvalue weighted by Gasteiger charge is 2.25. The van der Waals surface area contributed by atoms with Crippen molar-refractivity contribution in [3.8, 4) is 0 Å². The Morgan fingerprint density at radius 2 is 2.05 bits per heavy atom. The van der Waals surface area contributed by atoms with E-state index >= 15 is 0 Å². The predicted octanol–water partition coefficient (Wildman–Crippen LogP) is 2.48. The molecule has 0 saturated carbocycles. The summed E-state index contributed by atoms with van der Waals surface area (Å²) in [6, 6.07) is 12.4. The standard InChI is InChI=1S/C16H15FN2O/c17-14-7-3-6-13(15(14)18)16(20)19-9-11-8-10-4-1-2-5-12(10)11/h1-7,11H,8-9,18H2,(H,19,20). The Labute approximate surface area is 116 Å². The number of amides is 1. The summed E-state index contributed by atoms with van der Waals surface area (Å²) in [5.41, 5.74) is 8.28. The quantitative estimate of drug-likeness (QED) is 0.842. The highest BCUT2D eigenvalue weighted by molar-refractivity contribution is 5.99. The molecule has 0 aliphatic heterocycles. The minimum Gasteiger partial charge on any atom is -0.396 e. The fourth-order valence-electron chi connectivity index (χ4n) is 2.59. The van der Waals surface area contributed by atoms with Crippen molar-refractivity contribution in [2.45, 2.75) is 12.3 Å². The van der Waals surface area contributed by atoms with E-state index in [0.29, 0.717) is 12.5 Å². The van der Waals surface area contributed by atoms with Crippen LogP contribution in [0.2, 0.25) is 0 Å². The van der Waals surface area contributed by atoms with Gasteiger partial charge in [0.1, 0.15) is 5.82 Å². The van der Waals surface area contributed by atoms with Crippen LogP contribution >= 0.6 is 0 Å². The number of hydrogen-bond acceptors (Lipinski definition) is 2. The van der Waals surface area contributed by atoms with Gasteiger partial charge in [-0.3, -0.25) is 4.79 Å². The van der Waals surface area contributed by atoms with E-state index in [1.165, 1.54) is 29.3 Å². The van der Waals surface area contributed by atoms with Gasteiger partial charge in [0, 0.05) is 12.5 Å². The Bertz CT molecular complexity index is 669. The molecular formula is C16H15FN2O. The van der Waals surface area contributed by atoms with Crippen LogP contribution in [0.5, 0.6) is 0 Å². The van der Waals surface area contributed by atoms with E-state index in [4.69, 9.17) is 5.73 Å². The average molecular weight is 270 g/mol. The summed E-state index contributed by atoms with van der Waals surface area (Å²) in [6.45, 7) is 0.547. The van der Waals surface area contributed by atoms with Crippen molar-refractivity contribution in [2.75, 3.05) is 12.3 Å². The molecule has 0 fully saturated rings. The molecule has 1 amide bonds. The van der Waals surface area contributed by atoms with E-state index in [2.05, 4.69) is 17.4 Å². The number of fused-ring (bicyclic) bond motifs is 1. The number of benzene rings is 2. The van der Waals surface area contributed by atoms with Crippen LogP contribution in [0.4, 0.5) is 10.1 Å². The number of halogens is 1. The summed E-state index contributed by atoms with van der Waals surface area (Å²) < 4.78 is 13.3. The lowest BCUT2D eigenvalue weighted by molar-refractivity contribution is 0.0950. The van der Waals surface area contributed by atoms with Crippen LogP contribution in [0, 0.1) is 5.82 Å². The van der Waals surface area contributed by atoms with Crippen LogP contribution in [0.3, 0.4) is 0 Å². The van der Waals surface area contributed by atoms with Crippen molar-refractivity contribution in [3.63, 3.8) is 0 Å². The van der Waals surface area contributed by atoms with Crippen molar-refractivity contribution in [1.29, 1.82) is 0 Å².